The number of carboxylic acids is 1. The van der Waals surface area contributed by atoms with Crippen LogP contribution < -0.4 is 5.73 Å². The Hall–Kier alpha value is -0.940. The van der Waals surface area contributed by atoms with Crippen LogP contribution in [0.3, 0.4) is 0 Å². The van der Waals surface area contributed by atoms with Crippen molar-refractivity contribution < 1.29 is 9.90 Å². The highest BCUT2D eigenvalue weighted by atomic mass is 32.1. The summed E-state index contributed by atoms with van der Waals surface area (Å²) in [7, 11) is 0. The van der Waals surface area contributed by atoms with Crippen LogP contribution in [0.4, 0.5) is 0 Å². The first-order valence-corrected chi connectivity index (χ1v) is 5.30. The fraction of sp³-hybridized carbons (Fsp3) is 0.556. The summed E-state index contributed by atoms with van der Waals surface area (Å²) in [5.41, 5.74) is 6.01. The highest BCUT2D eigenvalue weighted by Crippen LogP contribution is 2.25. The van der Waals surface area contributed by atoms with Crippen LogP contribution in [0.5, 0.6) is 0 Å². The van der Waals surface area contributed by atoms with Gasteiger partial charge in [-0.05, 0) is 6.54 Å². The molecule has 0 bridgehead atoms. The summed E-state index contributed by atoms with van der Waals surface area (Å²) in [6.45, 7) is 4.43. The van der Waals surface area contributed by atoms with Crippen LogP contribution in [0.25, 0.3) is 0 Å². The van der Waals surface area contributed by atoms with Crippen molar-refractivity contribution in [2.24, 2.45) is 5.73 Å². The summed E-state index contributed by atoms with van der Waals surface area (Å²) in [6.07, 6.45) is 0.533. The van der Waals surface area contributed by atoms with E-state index in [-0.39, 0.29) is 5.92 Å². The Balaban J connectivity index is 3.05. The number of aromatic nitrogens is 1. The number of thiazole rings is 1. The lowest BCUT2D eigenvalue weighted by atomic mass is 10.2. The number of carboxylic acid groups (broad SMARTS) is 1. The molecule has 0 atom stereocenters. The Kier molecular flexibility index (Phi) is 3.60. The van der Waals surface area contributed by atoms with Gasteiger partial charge in [0.25, 0.3) is 0 Å². The summed E-state index contributed by atoms with van der Waals surface area (Å²) >= 11 is 1.25. The Labute approximate surface area is 86.8 Å². The summed E-state index contributed by atoms with van der Waals surface area (Å²) in [5, 5.41) is 9.78. The molecule has 0 saturated heterocycles. The number of hydrogen-bond acceptors (Lipinski definition) is 4. The second-order valence-electron chi connectivity index (χ2n) is 3.33. The van der Waals surface area contributed by atoms with E-state index in [0.717, 1.165) is 5.01 Å². The summed E-state index contributed by atoms with van der Waals surface area (Å²) in [4.78, 5) is 15.5. The number of rotatable bonds is 4. The lowest BCUT2D eigenvalue weighted by Crippen LogP contribution is -2.07. The van der Waals surface area contributed by atoms with Gasteiger partial charge in [-0.3, -0.25) is 0 Å². The van der Waals surface area contributed by atoms with Gasteiger partial charge in [0.1, 0.15) is 4.88 Å². The molecule has 1 rings (SSSR count). The minimum Gasteiger partial charge on any atom is -0.477 e. The van der Waals surface area contributed by atoms with Gasteiger partial charge in [-0.1, -0.05) is 13.8 Å². The van der Waals surface area contributed by atoms with Gasteiger partial charge in [0.05, 0.1) is 10.7 Å². The van der Waals surface area contributed by atoms with Crippen molar-refractivity contribution in [3.63, 3.8) is 0 Å². The monoisotopic (exact) mass is 214 g/mol. The van der Waals surface area contributed by atoms with Crippen molar-refractivity contribution in [2.45, 2.75) is 26.2 Å². The van der Waals surface area contributed by atoms with E-state index < -0.39 is 5.97 Å². The molecule has 0 spiro atoms. The number of hydrogen-bond donors (Lipinski definition) is 2. The fourth-order valence-corrected chi connectivity index (χ4v) is 2.04. The normalized spacial score (nSPS) is 10.9. The molecule has 1 heterocycles. The molecular formula is C9H14N2O2S. The first kappa shape index (κ1) is 11.1. The molecule has 0 aliphatic carbocycles. The zero-order valence-corrected chi connectivity index (χ0v) is 9.10. The predicted molar refractivity (Wildman–Crippen MR) is 55.9 cm³/mol. The van der Waals surface area contributed by atoms with Crippen LogP contribution in [0.2, 0.25) is 0 Å². The van der Waals surface area contributed by atoms with Gasteiger partial charge in [-0.25, -0.2) is 9.78 Å². The molecule has 0 aliphatic heterocycles. The van der Waals surface area contributed by atoms with Crippen LogP contribution in [-0.4, -0.2) is 22.6 Å². The van der Waals surface area contributed by atoms with Crippen molar-refractivity contribution in [1.29, 1.82) is 0 Å². The third kappa shape index (κ3) is 2.30. The van der Waals surface area contributed by atoms with Gasteiger partial charge in [0.15, 0.2) is 0 Å². The molecule has 0 unspecified atom stereocenters. The van der Waals surface area contributed by atoms with E-state index >= 15 is 0 Å². The second kappa shape index (κ2) is 4.52. The molecule has 4 nitrogen and oxygen atoms in total. The maximum absolute atomic E-state index is 10.9. The maximum Gasteiger partial charge on any atom is 0.347 e. The Morgan fingerprint density at radius 3 is 2.71 bits per heavy atom. The van der Waals surface area contributed by atoms with E-state index in [9.17, 15) is 4.79 Å². The summed E-state index contributed by atoms with van der Waals surface area (Å²) in [6, 6.07) is 0. The zero-order chi connectivity index (χ0) is 10.7. The van der Waals surface area contributed by atoms with Gasteiger partial charge in [0, 0.05) is 12.3 Å². The third-order valence-corrected chi connectivity index (χ3v) is 3.17. The topological polar surface area (TPSA) is 76.2 Å². The molecule has 3 N–H and O–H groups in total. The lowest BCUT2D eigenvalue weighted by Gasteiger charge is -1.95. The molecule has 0 saturated carbocycles. The first-order chi connectivity index (χ1) is 6.56. The molecule has 1 aromatic rings. The molecule has 0 aliphatic rings. The molecule has 5 heteroatoms. The molecular weight excluding hydrogens is 200 g/mol. The number of aromatic carboxylic acids is 1. The highest BCUT2D eigenvalue weighted by molar-refractivity contribution is 7.13. The smallest absolute Gasteiger partial charge is 0.347 e. The third-order valence-electron chi connectivity index (χ3n) is 1.78. The van der Waals surface area contributed by atoms with Crippen molar-refractivity contribution in [2.75, 3.05) is 6.54 Å². The van der Waals surface area contributed by atoms with Crippen LogP contribution in [0.15, 0.2) is 0 Å². The van der Waals surface area contributed by atoms with E-state index in [2.05, 4.69) is 4.98 Å². The molecule has 0 aromatic carbocycles. The second-order valence-corrected chi connectivity index (χ2v) is 4.36. The summed E-state index contributed by atoms with van der Waals surface area (Å²) in [5.74, 6) is -0.637. The first-order valence-electron chi connectivity index (χ1n) is 4.49. The van der Waals surface area contributed by atoms with Gasteiger partial charge < -0.3 is 10.8 Å². The quantitative estimate of drug-likeness (QED) is 0.795. The molecule has 0 fully saturated rings. The van der Waals surface area contributed by atoms with Crippen LogP contribution >= 0.6 is 11.3 Å². The van der Waals surface area contributed by atoms with Crippen molar-refractivity contribution in [3.05, 3.63) is 15.6 Å². The van der Waals surface area contributed by atoms with E-state index in [4.69, 9.17) is 10.8 Å². The zero-order valence-electron chi connectivity index (χ0n) is 8.28. The van der Waals surface area contributed by atoms with E-state index in [1.807, 2.05) is 13.8 Å². The average Bonchev–Trinajstić information content (AvgIpc) is 2.49. The minimum absolute atomic E-state index is 0.268. The van der Waals surface area contributed by atoms with Crippen molar-refractivity contribution in [1.82, 2.24) is 4.98 Å². The fourth-order valence-electron chi connectivity index (χ4n) is 1.09. The van der Waals surface area contributed by atoms with Gasteiger partial charge in [-0.2, -0.15) is 0 Å². The Morgan fingerprint density at radius 1 is 1.64 bits per heavy atom. The Morgan fingerprint density at radius 2 is 2.29 bits per heavy atom. The molecule has 0 amide bonds. The number of carbonyl (C=O) groups is 1. The number of nitrogens with zero attached hydrogens (tertiary/aromatic N) is 1. The van der Waals surface area contributed by atoms with Gasteiger partial charge in [0.2, 0.25) is 0 Å². The van der Waals surface area contributed by atoms with Crippen molar-refractivity contribution in [3.8, 4) is 0 Å². The molecule has 14 heavy (non-hydrogen) atoms. The SMILES string of the molecule is CC(C)c1nc(CCN)c(C(=O)O)s1. The van der Waals surface area contributed by atoms with Gasteiger partial charge >= 0.3 is 5.97 Å². The molecule has 0 radical (unpaired) electrons. The largest absolute Gasteiger partial charge is 0.477 e. The predicted octanol–water partition coefficient (Wildman–Crippen LogP) is 1.47. The number of nitrogens with two attached hydrogens (primary N) is 1. The van der Waals surface area contributed by atoms with Crippen LogP contribution in [0, 0.1) is 0 Å². The standard InChI is InChI=1S/C9H14N2O2S/c1-5(2)8-11-6(3-4-10)7(14-8)9(12)13/h5H,3-4,10H2,1-2H3,(H,12,13). The van der Waals surface area contributed by atoms with E-state index in [1.165, 1.54) is 11.3 Å². The van der Waals surface area contributed by atoms with Crippen LogP contribution in [-0.2, 0) is 6.42 Å². The van der Waals surface area contributed by atoms with E-state index in [0.29, 0.717) is 23.5 Å². The van der Waals surface area contributed by atoms with Gasteiger partial charge in [-0.15, -0.1) is 11.3 Å². The average molecular weight is 214 g/mol. The maximum atomic E-state index is 10.9. The highest BCUT2D eigenvalue weighted by Gasteiger charge is 2.17. The summed E-state index contributed by atoms with van der Waals surface area (Å²) < 4.78 is 0. The lowest BCUT2D eigenvalue weighted by molar-refractivity contribution is 0.0701. The molecule has 78 valence electrons. The minimum atomic E-state index is -0.905. The van der Waals surface area contributed by atoms with Crippen LogP contribution in [0.1, 0.15) is 40.1 Å². The van der Waals surface area contributed by atoms with E-state index in [1.54, 1.807) is 0 Å². The van der Waals surface area contributed by atoms with Crippen molar-refractivity contribution >= 4 is 17.3 Å². The molecule has 1 aromatic heterocycles. The Bertz CT molecular complexity index is 334.